The van der Waals surface area contributed by atoms with Crippen molar-refractivity contribution in [1.82, 2.24) is 15.1 Å². The van der Waals surface area contributed by atoms with E-state index >= 15 is 0 Å². The van der Waals surface area contributed by atoms with Crippen molar-refractivity contribution in [2.24, 2.45) is 22.6 Å². The first kappa shape index (κ1) is 20.3. The van der Waals surface area contributed by atoms with Crippen LogP contribution in [-0.2, 0) is 14.4 Å². The lowest BCUT2D eigenvalue weighted by atomic mass is 9.77. The first-order valence-corrected chi connectivity index (χ1v) is 9.42. The predicted octanol–water partition coefficient (Wildman–Crippen LogP) is -1.29. The minimum atomic E-state index is -1.12. The first-order chi connectivity index (χ1) is 13.1. The molecule has 3 aliphatic rings. The van der Waals surface area contributed by atoms with Crippen molar-refractivity contribution in [3.63, 3.8) is 0 Å². The fourth-order valence-electron chi connectivity index (χ4n) is 4.56. The molecular formula is C18H27N5O5. The maximum absolute atomic E-state index is 12.4. The fourth-order valence-corrected chi connectivity index (χ4v) is 4.56. The van der Waals surface area contributed by atoms with E-state index in [2.05, 4.69) is 15.2 Å². The number of rotatable bonds is 5. The van der Waals surface area contributed by atoms with Crippen LogP contribution in [0.5, 0.6) is 0 Å². The highest BCUT2D eigenvalue weighted by Gasteiger charge is 2.59. The minimum absolute atomic E-state index is 0.0455. The third-order valence-corrected chi connectivity index (χ3v) is 5.79. The second kappa shape index (κ2) is 7.51. The summed E-state index contributed by atoms with van der Waals surface area (Å²) < 4.78 is 0. The molecule has 3 aliphatic heterocycles. The Kier molecular flexibility index (Phi) is 5.44. The zero-order valence-electron chi connectivity index (χ0n) is 16.3. The molecule has 3 rings (SSSR count). The summed E-state index contributed by atoms with van der Waals surface area (Å²) in [5.74, 6) is -2.36. The predicted molar refractivity (Wildman–Crippen MR) is 99.9 cm³/mol. The molecule has 0 aromatic carbocycles. The van der Waals surface area contributed by atoms with Gasteiger partial charge in [-0.15, -0.1) is 0 Å². The molecule has 0 aromatic heterocycles. The Hall–Kier alpha value is -2.46. The molecule has 5 N–H and O–H groups in total. The number of β-lactam (4-membered cyclic amide) rings is 1. The Labute approximate surface area is 163 Å². The van der Waals surface area contributed by atoms with Gasteiger partial charge in [-0.05, 0) is 18.9 Å². The molecule has 0 aromatic rings. The number of carboxylic acid groups (broad SMARTS) is 1. The van der Waals surface area contributed by atoms with Gasteiger partial charge in [0.25, 0.3) is 0 Å². The highest BCUT2D eigenvalue weighted by molar-refractivity contribution is 6.00. The van der Waals surface area contributed by atoms with Crippen LogP contribution in [0.2, 0.25) is 0 Å². The van der Waals surface area contributed by atoms with Crippen LogP contribution < -0.4 is 11.1 Å². The van der Waals surface area contributed by atoms with E-state index in [1.807, 2.05) is 6.92 Å². The Morgan fingerprint density at radius 2 is 2.11 bits per heavy atom. The summed E-state index contributed by atoms with van der Waals surface area (Å²) in [4.78, 5) is 43.0. The van der Waals surface area contributed by atoms with Crippen molar-refractivity contribution >= 4 is 23.7 Å². The fraction of sp³-hybridized carbons (Fsp3) is 0.667. The molecule has 0 bridgehead atoms. The molecule has 0 saturated carbocycles. The highest BCUT2D eigenvalue weighted by atomic mass is 16.4. The number of carboxylic acids is 1. The number of aliphatic hydroxyl groups is 1. The van der Waals surface area contributed by atoms with Crippen LogP contribution in [0.4, 0.5) is 0 Å². The number of carbonyl (C=O) groups is 3. The second-order valence-corrected chi connectivity index (χ2v) is 7.81. The van der Waals surface area contributed by atoms with Crippen LogP contribution in [0.1, 0.15) is 27.2 Å². The van der Waals surface area contributed by atoms with E-state index < -0.39 is 18.0 Å². The van der Waals surface area contributed by atoms with E-state index in [0.29, 0.717) is 25.2 Å². The number of nitrogens with one attached hydrogen (secondary N) is 1. The van der Waals surface area contributed by atoms with E-state index in [9.17, 15) is 24.6 Å². The Morgan fingerprint density at radius 3 is 2.68 bits per heavy atom. The maximum atomic E-state index is 12.4. The summed E-state index contributed by atoms with van der Waals surface area (Å²) in [5, 5.41) is 22.0. The van der Waals surface area contributed by atoms with Crippen LogP contribution in [0, 0.1) is 11.8 Å². The lowest BCUT2D eigenvalue weighted by Gasteiger charge is -2.46. The van der Waals surface area contributed by atoms with Crippen LogP contribution in [0.25, 0.3) is 0 Å². The summed E-state index contributed by atoms with van der Waals surface area (Å²) in [7, 11) is 0. The second-order valence-electron chi connectivity index (χ2n) is 7.81. The number of hydrogen-bond acceptors (Lipinski definition) is 6. The van der Waals surface area contributed by atoms with Crippen molar-refractivity contribution in [3.8, 4) is 0 Å². The molecule has 0 aliphatic carbocycles. The molecule has 2 fully saturated rings. The molecule has 154 valence electrons. The smallest absolute Gasteiger partial charge is 0.352 e. The average molecular weight is 393 g/mol. The van der Waals surface area contributed by atoms with Gasteiger partial charge in [0.15, 0.2) is 5.96 Å². The number of guanidine groups is 1. The quantitative estimate of drug-likeness (QED) is 0.258. The zero-order valence-corrected chi connectivity index (χ0v) is 16.3. The third-order valence-electron chi connectivity index (χ3n) is 5.79. The topological polar surface area (TPSA) is 149 Å². The van der Waals surface area contributed by atoms with Crippen molar-refractivity contribution in [2.75, 3.05) is 19.6 Å². The number of aliphatic imine (C=N–C) groups is 1. The SMILES string of the molecule is CC(=O)NC(N)=N[C@H]1CCN(CC2=C(C(=O)O)N3C(=O)C([C@@H](C)O)[C@H]3[C@H]2C)C1. The molecule has 3 heterocycles. The van der Waals surface area contributed by atoms with E-state index in [0.717, 1.165) is 6.42 Å². The summed E-state index contributed by atoms with van der Waals surface area (Å²) in [6.07, 6.45) is -0.0694. The lowest BCUT2D eigenvalue weighted by molar-refractivity contribution is -0.163. The number of fused-ring (bicyclic) bond motifs is 1. The molecule has 2 amide bonds. The number of aliphatic carboxylic acids is 1. The van der Waals surface area contributed by atoms with Crippen molar-refractivity contribution in [1.29, 1.82) is 0 Å². The number of likely N-dealkylation sites (tertiary alicyclic amines) is 1. The van der Waals surface area contributed by atoms with Crippen molar-refractivity contribution in [2.45, 2.75) is 45.4 Å². The van der Waals surface area contributed by atoms with E-state index in [1.54, 1.807) is 6.92 Å². The van der Waals surface area contributed by atoms with Gasteiger partial charge in [-0.3, -0.25) is 19.8 Å². The zero-order chi connectivity index (χ0) is 20.7. The molecule has 0 radical (unpaired) electrons. The molecule has 10 heteroatoms. The summed E-state index contributed by atoms with van der Waals surface area (Å²) in [6, 6.07) is -0.387. The van der Waals surface area contributed by atoms with E-state index in [-0.39, 0.29) is 41.5 Å². The normalized spacial score (nSPS) is 31.6. The molecule has 1 unspecified atom stereocenters. The molecule has 5 atom stereocenters. The number of carbonyl (C=O) groups excluding carboxylic acids is 2. The van der Waals surface area contributed by atoms with Crippen molar-refractivity contribution in [3.05, 3.63) is 11.3 Å². The molecule has 2 saturated heterocycles. The van der Waals surface area contributed by atoms with Gasteiger partial charge in [0.2, 0.25) is 11.8 Å². The molecule has 10 nitrogen and oxygen atoms in total. The maximum Gasteiger partial charge on any atom is 0.352 e. The van der Waals surface area contributed by atoms with Gasteiger partial charge in [-0.25, -0.2) is 9.79 Å². The number of hydrogen-bond donors (Lipinski definition) is 4. The minimum Gasteiger partial charge on any atom is -0.477 e. The average Bonchev–Trinajstić information content (AvgIpc) is 3.08. The van der Waals surface area contributed by atoms with Crippen LogP contribution >= 0.6 is 0 Å². The van der Waals surface area contributed by atoms with Crippen LogP contribution in [0.15, 0.2) is 16.3 Å². The van der Waals surface area contributed by atoms with Gasteiger partial charge >= 0.3 is 5.97 Å². The molecule has 28 heavy (non-hydrogen) atoms. The monoisotopic (exact) mass is 393 g/mol. The number of amides is 2. The van der Waals surface area contributed by atoms with Crippen molar-refractivity contribution < 1.29 is 24.6 Å². The number of nitrogens with two attached hydrogens (primary N) is 1. The molecule has 0 spiro atoms. The molecular weight excluding hydrogens is 366 g/mol. The van der Waals surface area contributed by atoms with Crippen LogP contribution in [0.3, 0.4) is 0 Å². The lowest BCUT2D eigenvalue weighted by Crippen LogP contribution is -2.63. The van der Waals surface area contributed by atoms with Gasteiger partial charge in [-0.2, -0.15) is 0 Å². The summed E-state index contributed by atoms with van der Waals surface area (Å²) >= 11 is 0. The third kappa shape index (κ3) is 3.49. The van der Waals surface area contributed by atoms with Gasteiger partial charge in [0.1, 0.15) is 5.70 Å². The van der Waals surface area contributed by atoms with Gasteiger partial charge in [0, 0.05) is 32.5 Å². The summed E-state index contributed by atoms with van der Waals surface area (Å²) in [5.41, 5.74) is 6.44. The standard InChI is InChI=1S/C18H27N5O5/c1-8-12(7-22-5-4-11(6-22)21-18(19)20-10(3)25)15(17(27)28)23-14(8)13(9(2)24)16(23)26/h8-9,11,13-14,24H,4-7H2,1-3H3,(H,27,28)(H3,19,20,21,25)/t8-,9+,11-,13?,14+/m0/s1. The van der Waals surface area contributed by atoms with Gasteiger partial charge in [-0.1, -0.05) is 6.92 Å². The van der Waals surface area contributed by atoms with E-state index in [1.165, 1.54) is 11.8 Å². The van der Waals surface area contributed by atoms with E-state index in [4.69, 9.17) is 5.73 Å². The number of aliphatic hydroxyl groups excluding tert-OH is 1. The Bertz CT molecular complexity index is 761. The van der Waals surface area contributed by atoms with Gasteiger partial charge in [0.05, 0.1) is 24.1 Å². The van der Waals surface area contributed by atoms with Gasteiger partial charge < -0.3 is 20.8 Å². The number of nitrogens with zero attached hydrogens (tertiary/aromatic N) is 3. The Morgan fingerprint density at radius 1 is 1.43 bits per heavy atom. The largest absolute Gasteiger partial charge is 0.477 e. The van der Waals surface area contributed by atoms with Crippen LogP contribution in [-0.4, -0.2) is 81.6 Å². The summed E-state index contributed by atoms with van der Waals surface area (Å²) in [6.45, 7) is 6.54. The first-order valence-electron chi connectivity index (χ1n) is 9.42. The highest BCUT2D eigenvalue weighted by Crippen LogP contribution is 2.47. The Balaban J connectivity index is 1.73.